The van der Waals surface area contributed by atoms with E-state index in [0.29, 0.717) is 6.42 Å². The van der Waals surface area contributed by atoms with Crippen molar-refractivity contribution in [3.8, 4) is 17.0 Å². The van der Waals surface area contributed by atoms with Gasteiger partial charge < -0.3 is 5.11 Å². The Balaban J connectivity index is 1.74. The molecule has 6 heteroatoms. The van der Waals surface area contributed by atoms with E-state index in [9.17, 15) is 5.11 Å². The number of fused-ring (bicyclic) bond motifs is 1. The van der Waals surface area contributed by atoms with Crippen LogP contribution in [0.5, 0.6) is 5.75 Å². The van der Waals surface area contributed by atoms with Gasteiger partial charge in [-0.05, 0) is 29.8 Å². The molecule has 4 rings (SSSR count). The van der Waals surface area contributed by atoms with Gasteiger partial charge >= 0.3 is 0 Å². The zero-order valence-electron chi connectivity index (χ0n) is 12.2. The second-order valence-electron chi connectivity index (χ2n) is 5.20. The molecule has 0 saturated heterocycles. The van der Waals surface area contributed by atoms with E-state index >= 15 is 0 Å². The van der Waals surface area contributed by atoms with E-state index in [4.69, 9.17) is 0 Å². The van der Waals surface area contributed by atoms with Gasteiger partial charge in [-0.2, -0.15) is 0 Å². The van der Waals surface area contributed by atoms with Gasteiger partial charge in [-0.15, -0.1) is 10.2 Å². The molecule has 0 atom stereocenters. The zero-order valence-corrected chi connectivity index (χ0v) is 12.2. The molecule has 4 aromatic rings. The van der Waals surface area contributed by atoms with Crippen molar-refractivity contribution in [1.82, 2.24) is 24.6 Å². The molecule has 6 nitrogen and oxygen atoms in total. The number of hydrogen-bond donors (Lipinski definition) is 1. The molecular formula is C17H13N5O. The van der Waals surface area contributed by atoms with Gasteiger partial charge in [0.05, 0.1) is 11.9 Å². The van der Waals surface area contributed by atoms with E-state index in [1.807, 2.05) is 34.9 Å². The molecule has 0 unspecified atom stereocenters. The van der Waals surface area contributed by atoms with Crippen molar-refractivity contribution in [3.63, 3.8) is 0 Å². The third-order valence-corrected chi connectivity index (χ3v) is 3.63. The number of phenols is 1. The van der Waals surface area contributed by atoms with Crippen LogP contribution in [0.15, 0.2) is 61.2 Å². The summed E-state index contributed by atoms with van der Waals surface area (Å²) in [6.45, 7) is 0. The number of pyridine rings is 1. The predicted molar refractivity (Wildman–Crippen MR) is 84.9 cm³/mol. The molecule has 3 heterocycles. The van der Waals surface area contributed by atoms with Crippen molar-refractivity contribution in [2.24, 2.45) is 0 Å². The molecule has 0 radical (unpaired) electrons. The number of benzene rings is 1. The first-order chi connectivity index (χ1) is 11.3. The fourth-order valence-electron chi connectivity index (χ4n) is 2.45. The van der Waals surface area contributed by atoms with Crippen LogP contribution in [-0.2, 0) is 6.42 Å². The van der Waals surface area contributed by atoms with Gasteiger partial charge in [0.2, 0.25) is 0 Å². The third kappa shape index (κ3) is 2.62. The Morgan fingerprint density at radius 3 is 2.61 bits per heavy atom. The van der Waals surface area contributed by atoms with Crippen LogP contribution >= 0.6 is 0 Å². The molecule has 1 aromatic carbocycles. The lowest BCUT2D eigenvalue weighted by Crippen LogP contribution is -1.97. The maximum Gasteiger partial charge on any atom is 0.160 e. The van der Waals surface area contributed by atoms with E-state index in [1.54, 1.807) is 30.7 Å². The molecule has 0 aliphatic rings. The van der Waals surface area contributed by atoms with E-state index in [0.717, 1.165) is 28.3 Å². The van der Waals surface area contributed by atoms with Crippen LogP contribution in [0.1, 0.15) is 11.4 Å². The average molecular weight is 303 g/mol. The first-order valence-corrected chi connectivity index (χ1v) is 7.17. The minimum atomic E-state index is 0.254. The van der Waals surface area contributed by atoms with Crippen LogP contribution in [0.4, 0.5) is 0 Å². The van der Waals surface area contributed by atoms with Gasteiger partial charge in [0.1, 0.15) is 11.6 Å². The van der Waals surface area contributed by atoms with Gasteiger partial charge in [-0.1, -0.05) is 12.1 Å². The smallest absolute Gasteiger partial charge is 0.160 e. The largest absolute Gasteiger partial charge is 0.508 e. The maximum absolute atomic E-state index is 9.37. The zero-order chi connectivity index (χ0) is 15.6. The van der Waals surface area contributed by atoms with Crippen LogP contribution in [-0.4, -0.2) is 29.7 Å². The average Bonchev–Trinajstić information content (AvgIpc) is 3.00. The second-order valence-corrected chi connectivity index (χ2v) is 5.20. The van der Waals surface area contributed by atoms with Crippen molar-refractivity contribution in [2.75, 3.05) is 0 Å². The molecule has 0 bridgehead atoms. The Labute approximate surface area is 132 Å². The topological polar surface area (TPSA) is 76.2 Å². The Morgan fingerprint density at radius 2 is 1.83 bits per heavy atom. The van der Waals surface area contributed by atoms with E-state index in [1.165, 1.54) is 0 Å². The summed E-state index contributed by atoms with van der Waals surface area (Å²) in [5.41, 5.74) is 3.60. The maximum atomic E-state index is 9.37. The van der Waals surface area contributed by atoms with Crippen LogP contribution in [0.3, 0.4) is 0 Å². The number of aromatic hydroxyl groups is 1. The summed E-state index contributed by atoms with van der Waals surface area (Å²) in [4.78, 5) is 8.42. The lowest BCUT2D eigenvalue weighted by atomic mass is 10.1. The summed E-state index contributed by atoms with van der Waals surface area (Å²) in [6, 6.07) is 11.0. The molecule has 0 saturated carbocycles. The van der Waals surface area contributed by atoms with Crippen LogP contribution < -0.4 is 0 Å². The van der Waals surface area contributed by atoms with Crippen molar-refractivity contribution in [2.45, 2.75) is 6.42 Å². The van der Waals surface area contributed by atoms with Gasteiger partial charge in [-0.25, -0.2) is 0 Å². The fourth-order valence-corrected chi connectivity index (χ4v) is 2.45. The Kier molecular flexibility index (Phi) is 3.20. The van der Waals surface area contributed by atoms with Crippen molar-refractivity contribution < 1.29 is 5.11 Å². The molecule has 3 aromatic heterocycles. The summed E-state index contributed by atoms with van der Waals surface area (Å²) in [5, 5.41) is 17.8. The Bertz CT molecular complexity index is 948. The first-order valence-electron chi connectivity index (χ1n) is 7.17. The van der Waals surface area contributed by atoms with E-state index < -0.39 is 0 Å². The van der Waals surface area contributed by atoms with E-state index in [-0.39, 0.29) is 5.75 Å². The standard InChI is InChI=1S/C17H13N5O/c23-14-4-1-12(2-5-14)9-17-21-20-16-6-3-13(11-22(16)17)15-10-18-7-8-19-15/h1-8,10-11,23H,9H2. The second kappa shape index (κ2) is 5.49. The summed E-state index contributed by atoms with van der Waals surface area (Å²) >= 11 is 0. The van der Waals surface area contributed by atoms with Crippen LogP contribution in [0, 0.1) is 0 Å². The van der Waals surface area contributed by atoms with Gasteiger partial charge in [0.25, 0.3) is 0 Å². The van der Waals surface area contributed by atoms with Crippen molar-refractivity contribution in [1.29, 1.82) is 0 Å². The highest BCUT2D eigenvalue weighted by atomic mass is 16.3. The number of aromatic nitrogens is 5. The molecule has 23 heavy (non-hydrogen) atoms. The van der Waals surface area contributed by atoms with Gasteiger partial charge in [-0.3, -0.25) is 14.4 Å². The van der Waals surface area contributed by atoms with Crippen LogP contribution in [0.25, 0.3) is 16.9 Å². The predicted octanol–water partition coefficient (Wildman–Crippen LogP) is 2.48. The molecule has 0 aliphatic heterocycles. The molecule has 0 aliphatic carbocycles. The summed E-state index contributed by atoms with van der Waals surface area (Å²) in [7, 11) is 0. The van der Waals surface area contributed by atoms with Crippen molar-refractivity contribution >= 4 is 5.65 Å². The van der Waals surface area contributed by atoms with Crippen molar-refractivity contribution in [3.05, 3.63) is 72.6 Å². The number of nitrogens with zero attached hydrogens (tertiary/aromatic N) is 5. The fraction of sp³-hybridized carbons (Fsp3) is 0.0588. The molecule has 0 spiro atoms. The Hall–Kier alpha value is -3.28. The lowest BCUT2D eigenvalue weighted by Gasteiger charge is -2.04. The number of phenolic OH excluding ortho intramolecular Hbond substituents is 1. The van der Waals surface area contributed by atoms with Gasteiger partial charge in [0, 0.05) is 30.6 Å². The summed E-state index contributed by atoms with van der Waals surface area (Å²) < 4.78 is 1.96. The minimum absolute atomic E-state index is 0.254. The first kappa shape index (κ1) is 13.4. The SMILES string of the molecule is Oc1ccc(Cc2nnc3ccc(-c4cnccn4)cn23)cc1. The third-order valence-electron chi connectivity index (χ3n) is 3.63. The highest BCUT2D eigenvalue weighted by Gasteiger charge is 2.08. The van der Waals surface area contributed by atoms with Gasteiger partial charge in [0.15, 0.2) is 5.65 Å². The highest BCUT2D eigenvalue weighted by Crippen LogP contribution is 2.18. The molecule has 1 N–H and O–H groups in total. The summed E-state index contributed by atoms with van der Waals surface area (Å²) in [5.74, 6) is 1.08. The quantitative estimate of drug-likeness (QED) is 0.629. The number of rotatable bonds is 3. The summed E-state index contributed by atoms with van der Waals surface area (Å²) in [6.07, 6.45) is 7.64. The Morgan fingerprint density at radius 1 is 0.957 bits per heavy atom. The molecule has 112 valence electrons. The lowest BCUT2D eigenvalue weighted by molar-refractivity contribution is 0.475. The molecular weight excluding hydrogens is 290 g/mol. The molecule has 0 fully saturated rings. The van der Waals surface area contributed by atoms with Crippen LogP contribution in [0.2, 0.25) is 0 Å². The minimum Gasteiger partial charge on any atom is -0.508 e. The highest BCUT2D eigenvalue weighted by molar-refractivity contribution is 5.59. The van der Waals surface area contributed by atoms with E-state index in [2.05, 4.69) is 20.2 Å². The molecule has 0 amide bonds. The monoisotopic (exact) mass is 303 g/mol. The number of hydrogen-bond acceptors (Lipinski definition) is 5. The normalized spacial score (nSPS) is 11.0.